The topological polar surface area (TPSA) is 95.1 Å². The summed E-state index contributed by atoms with van der Waals surface area (Å²) in [6, 6.07) is 3.24. The number of rotatable bonds is 3. The molecule has 0 amide bonds. The molecule has 25 heavy (non-hydrogen) atoms. The third-order valence-corrected chi connectivity index (χ3v) is 4.93. The van der Waals surface area contributed by atoms with Crippen LogP contribution in [0.1, 0.15) is 23.7 Å². The Kier molecular flexibility index (Phi) is 3.30. The molecule has 0 aromatic carbocycles. The van der Waals surface area contributed by atoms with Gasteiger partial charge in [-0.15, -0.1) is 5.10 Å². The Morgan fingerprint density at radius 3 is 3.20 bits per heavy atom. The van der Waals surface area contributed by atoms with Crippen LogP contribution in [0.2, 0.25) is 0 Å². The Hall–Kier alpha value is -2.74. The molecule has 4 heterocycles. The maximum absolute atomic E-state index is 12.5. The Morgan fingerprint density at radius 2 is 2.24 bits per heavy atom. The summed E-state index contributed by atoms with van der Waals surface area (Å²) >= 11 is 0. The number of hydrogen-bond donors (Lipinski definition) is 1. The van der Waals surface area contributed by atoms with Gasteiger partial charge < -0.3 is 14.5 Å². The van der Waals surface area contributed by atoms with E-state index >= 15 is 0 Å². The molecule has 2 aliphatic rings. The maximum atomic E-state index is 12.5. The van der Waals surface area contributed by atoms with Gasteiger partial charge in [0, 0.05) is 11.5 Å². The molecule has 1 aliphatic heterocycles. The molecule has 0 spiro atoms. The molecule has 128 valence electrons. The first-order chi connectivity index (χ1) is 12.3. The van der Waals surface area contributed by atoms with E-state index in [0.717, 1.165) is 35.9 Å². The highest BCUT2D eigenvalue weighted by atomic mass is 16.5. The van der Waals surface area contributed by atoms with Crippen LogP contribution in [0, 0.1) is 0 Å². The molecule has 0 radical (unpaired) electrons. The average Bonchev–Trinajstić information content (AvgIpc) is 3.34. The van der Waals surface area contributed by atoms with Crippen LogP contribution in [0.3, 0.4) is 0 Å². The van der Waals surface area contributed by atoms with Gasteiger partial charge in [0.1, 0.15) is 6.04 Å². The van der Waals surface area contributed by atoms with Gasteiger partial charge in [-0.2, -0.15) is 10.2 Å². The van der Waals surface area contributed by atoms with Crippen molar-refractivity contribution in [3.63, 3.8) is 0 Å². The van der Waals surface area contributed by atoms with E-state index in [4.69, 9.17) is 9.15 Å². The molecule has 2 atom stereocenters. The molecule has 0 bridgehead atoms. The highest BCUT2D eigenvalue weighted by molar-refractivity contribution is 5.85. The molecule has 5 rings (SSSR count). The van der Waals surface area contributed by atoms with Gasteiger partial charge in [-0.25, -0.2) is 4.68 Å². The average molecular weight is 339 g/mol. The van der Waals surface area contributed by atoms with E-state index < -0.39 is 0 Å². The van der Waals surface area contributed by atoms with Crippen LogP contribution >= 0.6 is 0 Å². The smallest absolute Gasteiger partial charge is 0.267 e. The zero-order valence-corrected chi connectivity index (χ0v) is 13.5. The van der Waals surface area contributed by atoms with E-state index in [1.165, 1.54) is 0 Å². The summed E-state index contributed by atoms with van der Waals surface area (Å²) in [4.78, 5) is 12.5. The molecule has 2 unspecified atom stereocenters. The van der Waals surface area contributed by atoms with Crippen LogP contribution in [0.15, 0.2) is 33.8 Å². The second-order valence-corrected chi connectivity index (χ2v) is 6.51. The van der Waals surface area contributed by atoms with Crippen molar-refractivity contribution in [1.82, 2.24) is 20.0 Å². The molecule has 8 heteroatoms. The first-order valence-corrected chi connectivity index (χ1v) is 8.44. The number of aromatic nitrogens is 4. The van der Waals surface area contributed by atoms with Gasteiger partial charge in [0.25, 0.3) is 5.56 Å². The van der Waals surface area contributed by atoms with Gasteiger partial charge in [0.05, 0.1) is 37.4 Å². The highest BCUT2D eigenvalue weighted by Gasteiger charge is 2.33. The molecular weight excluding hydrogens is 322 g/mol. The molecule has 1 saturated heterocycles. The van der Waals surface area contributed by atoms with E-state index in [2.05, 4.69) is 20.6 Å². The number of nitrogens with zero attached hydrogens (tertiary/aromatic N) is 4. The number of nitrogens with one attached hydrogen (secondary N) is 1. The molecule has 3 aromatic heterocycles. The summed E-state index contributed by atoms with van der Waals surface area (Å²) in [7, 11) is 0. The lowest BCUT2D eigenvalue weighted by molar-refractivity contribution is 0.182. The lowest BCUT2D eigenvalue weighted by Gasteiger charge is -2.21. The first kappa shape index (κ1) is 14.6. The third kappa shape index (κ3) is 2.41. The van der Waals surface area contributed by atoms with Gasteiger partial charge in [-0.1, -0.05) is 0 Å². The van der Waals surface area contributed by atoms with Crippen LogP contribution in [-0.4, -0.2) is 39.2 Å². The standard InChI is InChI=1S/C17H17N5O3/c23-15-6-10-2-1-3-12(10)21-22(15)14-9-24-8-13(14)19-17-16-11(4-5-25-16)7-18-20-17/h4-7,13-14H,1-3,8-9H2,(H,19,20). The minimum absolute atomic E-state index is 0.0785. The van der Waals surface area contributed by atoms with Gasteiger partial charge >= 0.3 is 0 Å². The molecular formula is C17H17N5O3. The van der Waals surface area contributed by atoms with Gasteiger partial charge in [0.15, 0.2) is 11.4 Å². The van der Waals surface area contributed by atoms with E-state index in [9.17, 15) is 4.79 Å². The van der Waals surface area contributed by atoms with Crippen molar-refractivity contribution < 1.29 is 9.15 Å². The Morgan fingerprint density at radius 1 is 1.28 bits per heavy atom. The van der Waals surface area contributed by atoms with Crippen molar-refractivity contribution >= 4 is 16.8 Å². The summed E-state index contributed by atoms with van der Waals surface area (Å²) in [5.74, 6) is 0.553. The zero-order valence-electron chi connectivity index (χ0n) is 13.5. The summed E-state index contributed by atoms with van der Waals surface area (Å²) in [6.45, 7) is 0.902. The Balaban J connectivity index is 1.48. The second kappa shape index (κ2) is 5.66. The number of aryl methyl sites for hydroxylation is 2. The largest absolute Gasteiger partial charge is 0.460 e. The van der Waals surface area contributed by atoms with E-state index in [1.54, 1.807) is 23.2 Å². The van der Waals surface area contributed by atoms with Crippen molar-refractivity contribution in [2.45, 2.75) is 31.3 Å². The summed E-state index contributed by atoms with van der Waals surface area (Å²) in [5.41, 5.74) is 2.68. The van der Waals surface area contributed by atoms with E-state index in [0.29, 0.717) is 24.6 Å². The fourth-order valence-electron chi connectivity index (χ4n) is 3.65. The molecule has 8 nitrogen and oxygen atoms in total. The van der Waals surface area contributed by atoms with E-state index in [-0.39, 0.29) is 17.6 Å². The van der Waals surface area contributed by atoms with Crippen LogP contribution in [0.4, 0.5) is 5.82 Å². The SMILES string of the molecule is O=c1cc2c(nn1C1COCC1Nc1nncc3ccoc13)CCC2. The molecule has 3 aromatic rings. The highest BCUT2D eigenvalue weighted by Crippen LogP contribution is 2.26. The third-order valence-electron chi connectivity index (χ3n) is 4.93. The predicted molar refractivity (Wildman–Crippen MR) is 89.6 cm³/mol. The first-order valence-electron chi connectivity index (χ1n) is 8.44. The Labute approximate surface area is 142 Å². The van der Waals surface area contributed by atoms with Crippen molar-refractivity contribution in [2.24, 2.45) is 0 Å². The summed E-state index contributed by atoms with van der Waals surface area (Å²) < 4.78 is 12.7. The lowest BCUT2D eigenvalue weighted by atomic mass is 10.1. The summed E-state index contributed by atoms with van der Waals surface area (Å²) in [5, 5.41) is 16.9. The van der Waals surface area contributed by atoms with E-state index in [1.807, 2.05) is 6.07 Å². The fourth-order valence-corrected chi connectivity index (χ4v) is 3.65. The lowest BCUT2D eigenvalue weighted by Crippen LogP contribution is -2.38. The van der Waals surface area contributed by atoms with Gasteiger partial charge in [0.2, 0.25) is 0 Å². The normalized spacial score (nSPS) is 22.4. The van der Waals surface area contributed by atoms with Crippen molar-refractivity contribution in [3.05, 3.63) is 46.2 Å². The maximum Gasteiger partial charge on any atom is 0.267 e. The number of fused-ring (bicyclic) bond motifs is 2. The number of anilines is 1. The number of furan rings is 1. The second-order valence-electron chi connectivity index (χ2n) is 6.51. The molecule has 1 N–H and O–H groups in total. The minimum atomic E-state index is -0.189. The summed E-state index contributed by atoms with van der Waals surface area (Å²) in [6.07, 6.45) is 6.19. The van der Waals surface area contributed by atoms with Crippen molar-refractivity contribution in [3.8, 4) is 0 Å². The monoisotopic (exact) mass is 339 g/mol. The van der Waals surface area contributed by atoms with Gasteiger partial charge in [-0.3, -0.25) is 4.79 Å². The number of hydrogen-bond acceptors (Lipinski definition) is 7. The van der Waals surface area contributed by atoms with Crippen molar-refractivity contribution in [2.75, 3.05) is 18.5 Å². The van der Waals surface area contributed by atoms with Gasteiger partial charge in [-0.05, 0) is 30.9 Å². The predicted octanol–water partition coefficient (Wildman–Crippen LogP) is 1.32. The number of ether oxygens (including phenoxy) is 1. The zero-order chi connectivity index (χ0) is 16.8. The quantitative estimate of drug-likeness (QED) is 0.769. The molecule has 1 aliphatic carbocycles. The fraction of sp³-hybridized carbons (Fsp3) is 0.412. The van der Waals surface area contributed by atoms with Crippen molar-refractivity contribution in [1.29, 1.82) is 0 Å². The van der Waals surface area contributed by atoms with Crippen LogP contribution in [0.25, 0.3) is 11.0 Å². The van der Waals surface area contributed by atoms with Crippen LogP contribution < -0.4 is 10.9 Å². The molecule has 1 fully saturated rings. The minimum Gasteiger partial charge on any atom is -0.460 e. The van der Waals surface area contributed by atoms with Crippen LogP contribution in [0.5, 0.6) is 0 Å². The Bertz CT molecular complexity index is 995. The molecule has 0 saturated carbocycles. The van der Waals surface area contributed by atoms with Crippen LogP contribution in [-0.2, 0) is 17.6 Å².